The number of thioether (sulfide) groups is 1. The van der Waals surface area contributed by atoms with Gasteiger partial charge in [-0.3, -0.25) is 0 Å². The molecule has 1 aromatic rings. The molecule has 0 aromatic carbocycles. The molecule has 0 bridgehead atoms. The van der Waals surface area contributed by atoms with Crippen molar-refractivity contribution in [3.8, 4) is 0 Å². The van der Waals surface area contributed by atoms with Crippen molar-refractivity contribution in [2.24, 2.45) is 0 Å². The predicted octanol–water partition coefficient (Wildman–Crippen LogP) is 4.23. The molecule has 4 heteroatoms. The molecule has 1 N–H and O–H groups in total. The number of halogens is 1. The van der Waals surface area contributed by atoms with E-state index in [0.29, 0.717) is 11.3 Å². The molecule has 1 nitrogen and oxygen atoms in total. The second-order valence-corrected chi connectivity index (χ2v) is 8.12. The van der Waals surface area contributed by atoms with E-state index in [1.807, 2.05) is 23.1 Å². The van der Waals surface area contributed by atoms with E-state index in [2.05, 4.69) is 40.5 Å². The van der Waals surface area contributed by atoms with Gasteiger partial charge < -0.3 is 5.32 Å². The zero-order valence-electron chi connectivity index (χ0n) is 9.75. The van der Waals surface area contributed by atoms with Gasteiger partial charge in [0.1, 0.15) is 0 Å². The highest BCUT2D eigenvalue weighted by Gasteiger charge is 2.22. The first-order valence-corrected chi connectivity index (χ1v) is 8.64. The fraction of sp³-hybridized carbons (Fsp3) is 0.667. The van der Waals surface area contributed by atoms with Crippen LogP contribution in [0.5, 0.6) is 0 Å². The molecule has 0 amide bonds. The molecular weight excluding hydrogens is 302 g/mol. The summed E-state index contributed by atoms with van der Waals surface area (Å²) < 4.78 is 1.28. The van der Waals surface area contributed by atoms with Crippen LogP contribution in [0.4, 0.5) is 0 Å². The van der Waals surface area contributed by atoms with Gasteiger partial charge in [0.05, 0.1) is 3.79 Å². The number of thiophene rings is 1. The van der Waals surface area contributed by atoms with Crippen molar-refractivity contribution in [3.63, 3.8) is 0 Å². The molecule has 0 radical (unpaired) electrons. The van der Waals surface area contributed by atoms with Crippen LogP contribution in [0.15, 0.2) is 9.85 Å². The summed E-state index contributed by atoms with van der Waals surface area (Å²) in [6.07, 6.45) is 6.06. The number of hydrogen-bond donors (Lipinski definition) is 1. The molecule has 2 unspecified atom stereocenters. The summed E-state index contributed by atoms with van der Waals surface area (Å²) in [7, 11) is 0. The van der Waals surface area contributed by atoms with Crippen molar-refractivity contribution in [1.29, 1.82) is 0 Å². The number of nitrogens with one attached hydrogen (secondary N) is 1. The van der Waals surface area contributed by atoms with E-state index in [1.54, 1.807) is 4.88 Å². The van der Waals surface area contributed by atoms with Gasteiger partial charge in [-0.2, -0.15) is 11.8 Å². The topological polar surface area (TPSA) is 12.0 Å². The first-order chi connectivity index (χ1) is 7.70. The Morgan fingerprint density at radius 2 is 2.50 bits per heavy atom. The molecule has 1 aromatic heterocycles. The van der Waals surface area contributed by atoms with Crippen LogP contribution in [0.25, 0.3) is 0 Å². The zero-order chi connectivity index (χ0) is 11.5. The lowest BCUT2D eigenvalue weighted by atomic mass is 9.94. The van der Waals surface area contributed by atoms with Gasteiger partial charge in [-0.15, -0.1) is 11.3 Å². The van der Waals surface area contributed by atoms with E-state index in [1.165, 1.54) is 28.6 Å². The second kappa shape index (κ2) is 5.89. The Bertz CT molecular complexity index is 351. The van der Waals surface area contributed by atoms with Crippen LogP contribution in [0.2, 0.25) is 0 Å². The van der Waals surface area contributed by atoms with Crippen LogP contribution in [0, 0.1) is 0 Å². The van der Waals surface area contributed by atoms with Crippen molar-refractivity contribution in [1.82, 2.24) is 5.32 Å². The van der Waals surface area contributed by atoms with Gasteiger partial charge >= 0.3 is 0 Å². The van der Waals surface area contributed by atoms with Gasteiger partial charge in [-0.1, -0.05) is 6.92 Å². The van der Waals surface area contributed by atoms with Crippen molar-refractivity contribution in [2.45, 2.75) is 37.5 Å². The van der Waals surface area contributed by atoms with Crippen LogP contribution in [-0.2, 0) is 6.42 Å². The molecule has 0 aliphatic heterocycles. The molecule has 1 aliphatic carbocycles. The zero-order valence-corrected chi connectivity index (χ0v) is 13.0. The summed E-state index contributed by atoms with van der Waals surface area (Å²) in [5.41, 5.74) is 1.54. The lowest BCUT2D eigenvalue weighted by Crippen LogP contribution is -2.29. The molecule has 1 aliphatic rings. The van der Waals surface area contributed by atoms with Crippen LogP contribution < -0.4 is 5.32 Å². The Labute approximate surface area is 115 Å². The van der Waals surface area contributed by atoms with E-state index in [-0.39, 0.29) is 0 Å². The van der Waals surface area contributed by atoms with E-state index in [9.17, 15) is 0 Å². The van der Waals surface area contributed by atoms with E-state index < -0.39 is 0 Å². The normalized spacial score (nSPS) is 21.8. The summed E-state index contributed by atoms with van der Waals surface area (Å²) in [5.74, 6) is 0. The minimum absolute atomic E-state index is 0.584. The van der Waals surface area contributed by atoms with Gasteiger partial charge in [0.2, 0.25) is 0 Å². The smallest absolute Gasteiger partial charge is 0.0704 e. The van der Waals surface area contributed by atoms with Crippen molar-refractivity contribution in [2.75, 3.05) is 12.8 Å². The number of aryl methyl sites for hydroxylation is 1. The molecular formula is C12H18BrNS2. The first kappa shape index (κ1) is 12.9. The summed E-state index contributed by atoms with van der Waals surface area (Å²) in [5, 5.41) is 4.41. The van der Waals surface area contributed by atoms with Crippen molar-refractivity contribution < 1.29 is 0 Å². The molecule has 16 heavy (non-hydrogen) atoms. The summed E-state index contributed by atoms with van der Waals surface area (Å²) in [4.78, 5) is 1.58. The minimum atomic E-state index is 0.584. The monoisotopic (exact) mass is 319 g/mol. The average Bonchev–Trinajstić information content (AvgIpc) is 2.66. The Morgan fingerprint density at radius 3 is 3.25 bits per heavy atom. The van der Waals surface area contributed by atoms with E-state index in [4.69, 9.17) is 0 Å². The maximum absolute atomic E-state index is 3.71. The number of hydrogen-bond acceptors (Lipinski definition) is 3. The maximum atomic E-state index is 3.71. The lowest BCUT2D eigenvalue weighted by molar-refractivity contribution is 0.467. The Morgan fingerprint density at radius 1 is 1.69 bits per heavy atom. The van der Waals surface area contributed by atoms with Gasteiger partial charge in [-0.05, 0) is 53.1 Å². The summed E-state index contributed by atoms with van der Waals surface area (Å²) in [6, 6.07) is 2.89. The highest BCUT2D eigenvalue weighted by atomic mass is 79.9. The average molecular weight is 320 g/mol. The van der Waals surface area contributed by atoms with Crippen LogP contribution >= 0.6 is 39.0 Å². The fourth-order valence-corrected chi connectivity index (χ4v) is 4.21. The third kappa shape index (κ3) is 3.03. The maximum Gasteiger partial charge on any atom is 0.0704 e. The second-order valence-electron chi connectivity index (χ2n) is 4.33. The van der Waals surface area contributed by atoms with Gasteiger partial charge in [0.15, 0.2) is 0 Å². The van der Waals surface area contributed by atoms with Gasteiger partial charge in [0.25, 0.3) is 0 Å². The largest absolute Gasteiger partial charge is 0.309 e. The highest BCUT2D eigenvalue weighted by Crippen LogP contribution is 2.37. The summed E-state index contributed by atoms with van der Waals surface area (Å²) in [6.45, 7) is 3.39. The standard InChI is InChI=1S/C12H18BrNS2/c1-8(15-2)7-14-10-4-3-5-11-9(10)6-12(13)16-11/h6,8,10,14H,3-5,7H2,1-2H3. The van der Waals surface area contributed by atoms with Crippen LogP contribution in [-0.4, -0.2) is 18.1 Å². The third-order valence-electron chi connectivity index (χ3n) is 3.14. The van der Waals surface area contributed by atoms with Crippen molar-refractivity contribution in [3.05, 3.63) is 20.3 Å². The first-order valence-electron chi connectivity index (χ1n) is 5.75. The molecule has 0 saturated heterocycles. The number of rotatable bonds is 4. The lowest BCUT2D eigenvalue weighted by Gasteiger charge is -2.25. The molecule has 2 rings (SSSR count). The molecule has 1 heterocycles. The molecule has 0 saturated carbocycles. The third-order valence-corrected chi connectivity index (χ3v) is 5.82. The van der Waals surface area contributed by atoms with E-state index in [0.717, 1.165) is 6.54 Å². The Balaban J connectivity index is 2.01. The molecule has 0 spiro atoms. The minimum Gasteiger partial charge on any atom is -0.309 e. The molecule has 90 valence electrons. The fourth-order valence-electron chi connectivity index (χ4n) is 2.12. The highest BCUT2D eigenvalue weighted by molar-refractivity contribution is 9.11. The predicted molar refractivity (Wildman–Crippen MR) is 78.7 cm³/mol. The van der Waals surface area contributed by atoms with Crippen molar-refractivity contribution >= 4 is 39.0 Å². The molecule has 2 atom stereocenters. The van der Waals surface area contributed by atoms with Gasteiger partial charge in [0, 0.05) is 22.7 Å². The Hall–Kier alpha value is 0.490. The van der Waals surface area contributed by atoms with Gasteiger partial charge in [-0.25, -0.2) is 0 Å². The quantitative estimate of drug-likeness (QED) is 0.891. The van der Waals surface area contributed by atoms with E-state index >= 15 is 0 Å². The SMILES string of the molecule is CSC(C)CNC1CCCc2sc(Br)cc21. The van der Waals surface area contributed by atoms with Crippen LogP contribution in [0.3, 0.4) is 0 Å². The summed E-state index contributed by atoms with van der Waals surface area (Å²) >= 11 is 7.44. The number of fused-ring (bicyclic) bond motifs is 1. The van der Waals surface area contributed by atoms with Crippen LogP contribution in [0.1, 0.15) is 36.2 Å². The molecule has 0 fully saturated rings. The Kier molecular flexibility index (Phi) is 4.76.